The van der Waals surface area contributed by atoms with Crippen molar-refractivity contribution in [3.63, 3.8) is 0 Å². The molecule has 0 aliphatic heterocycles. The van der Waals surface area contributed by atoms with E-state index in [-0.39, 0.29) is 12.1 Å². The van der Waals surface area contributed by atoms with Crippen LogP contribution in [-0.4, -0.2) is 23.4 Å². The zero-order valence-electron chi connectivity index (χ0n) is 16.8. The minimum Gasteiger partial charge on any atom is -0.436 e. The minimum atomic E-state index is -1.28. The summed E-state index contributed by atoms with van der Waals surface area (Å²) in [5.74, 6) is 0.778. The molecule has 0 radical (unpaired) electrons. The van der Waals surface area contributed by atoms with Crippen LogP contribution in [0.2, 0.25) is 0 Å². The Morgan fingerprint density at radius 3 is 1.93 bits per heavy atom. The lowest BCUT2D eigenvalue weighted by molar-refractivity contribution is 0.219. The summed E-state index contributed by atoms with van der Waals surface area (Å²) in [6, 6.07) is 19.3. The smallest absolute Gasteiger partial charge is 0.321 e. The maximum atomic E-state index is 8.80. The van der Waals surface area contributed by atoms with E-state index in [0.717, 1.165) is 11.3 Å². The Morgan fingerprint density at radius 1 is 0.926 bits per heavy atom. The van der Waals surface area contributed by atoms with Crippen molar-refractivity contribution in [1.82, 2.24) is 4.67 Å². The van der Waals surface area contributed by atoms with E-state index in [4.69, 9.17) is 14.3 Å². The van der Waals surface area contributed by atoms with Gasteiger partial charge in [0, 0.05) is 12.1 Å². The van der Waals surface area contributed by atoms with Crippen LogP contribution in [0.15, 0.2) is 48.5 Å². The molecule has 0 fully saturated rings. The van der Waals surface area contributed by atoms with Gasteiger partial charge in [-0.3, -0.25) is 0 Å². The summed E-state index contributed by atoms with van der Waals surface area (Å²) in [7, 11) is -1.28. The third-order valence-corrected chi connectivity index (χ3v) is 6.16. The largest absolute Gasteiger partial charge is 0.436 e. The molecular formula is C22H29N2O2P. The summed E-state index contributed by atoms with van der Waals surface area (Å²) < 4.78 is 14.4. The molecule has 1 atom stereocenters. The normalized spacial score (nSPS) is 12.4. The van der Waals surface area contributed by atoms with Crippen molar-refractivity contribution >= 4 is 8.53 Å². The number of nitrogens with zero attached hydrogens (tertiary/aromatic N) is 2. The quantitative estimate of drug-likeness (QED) is 0.375. The Labute approximate surface area is 164 Å². The Morgan fingerprint density at radius 2 is 1.44 bits per heavy atom. The second-order valence-corrected chi connectivity index (χ2v) is 8.41. The molecule has 0 saturated heterocycles. The van der Waals surface area contributed by atoms with Crippen LogP contribution >= 0.6 is 8.53 Å². The number of hydrogen-bond donors (Lipinski definition) is 0. The number of aryl methyl sites for hydroxylation is 1. The van der Waals surface area contributed by atoms with Crippen molar-refractivity contribution in [3.05, 3.63) is 54.1 Å². The fourth-order valence-corrected chi connectivity index (χ4v) is 4.41. The van der Waals surface area contributed by atoms with Crippen LogP contribution in [0.4, 0.5) is 0 Å². The van der Waals surface area contributed by atoms with E-state index in [0.29, 0.717) is 13.0 Å². The number of hydrogen-bond acceptors (Lipinski definition) is 4. The standard InChI is InChI=1S/C22H29N2O2P/c1-17(2)24(18(3)4)27(25-16-6-15-23)26-22-13-11-21(12-14-22)20-9-7-19(5)8-10-20/h7-14,17-18H,6,16H2,1-5H3. The lowest BCUT2D eigenvalue weighted by atomic mass is 10.0. The maximum Gasteiger partial charge on any atom is 0.321 e. The molecular weight excluding hydrogens is 355 g/mol. The van der Waals surface area contributed by atoms with Gasteiger partial charge in [0.1, 0.15) is 5.75 Å². The minimum absolute atomic E-state index is 0.282. The monoisotopic (exact) mass is 384 g/mol. The third kappa shape index (κ3) is 6.33. The van der Waals surface area contributed by atoms with Gasteiger partial charge in [-0.25, -0.2) is 4.67 Å². The van der Waals surface area contributed by atoms with Gasteiger partial charge in [0.05, 0.1) is 19.1 Å². The molecule has 0 amide bonds. The van der Waals surface area contributed by atoms with Gasteiger partial charge in [-0.05, 0) is 57.9 Å². The highest BCUT2D eigenvalue weighted by Gasteiger charge is 2.28. The van der Waals surface area contributed by atoms with Crippen LogP contribution in [0.3, 0.4) is 0 Å². The van der Waals surface area contributed by atoms with Crippen molar-refractivity contribution in [3.8, 4) is 22.9 Å². The topological polar surface area (TPSA) is 45.5 Å². The molecule has 144 valence electrons. The maximum absolute atomic E-state index is 8.80. The summed E-state index contributed by atoms with van der Waals surface area (Å²) >= 11 is 0. The molecule has 2 rings (SSSR count). The summed E-state index contributed by atoms with van der Waals surface area (Å²) in [6.45, 7) is 11.0. The van der Waals surface area contributed by atoms with Crippen molar-refractivity contribution in [2.75, 3.05) is 6.61 Å². The van der Waals surface area contributed by atoms with Crippen LogP contribution in [0.25, 0.3) is 11.1 Å². The molecule has 4 nitrogen and oxygen atoms in total. The zero-order valence-corrected chi connectivity index (χ0v) is 17.7. The van der Waals surface area contributed by atoms with Crippen molar-refractivity contribution in [2.45, 2.75) is 53.1 Å². The fraction of sp³-hybridized carbons (Fsp3) is 0.409. The average molecular weight is 384 g/mol. The number of nitriles is 1. The van der Waals surface area contributed by atoms with Gasteiger partial charge in [-0.1, -0.05) is 42.0 Å². The zero-order chi connectivity index (χ0) is 19.8. The van der Waals surface area contributed by atoms with Gasteiger partial charge in [0.15, 0.2) is 0 Å². The number of rotatable bonds is 9. The first kappa shape index (κ1) is 21.4. The van der Waals surface area contributed by atoms with E-state index < -0.39 is 8.53 Å². The first-order valence-corrected chi connectivity index (χ1v) is 10.5. The van der Waals surface area contributed by atoms with Gasteiger partial charge < -0.3 is 9.05 Å². The van der Waals surface area contributed by atoms with Crippen LogP contribution < -0.4 is 4.52 Å². The third-order valence-electron chi connectivity index (χ3n) is 4.09. The summed E-state index contributed by atoms with van der Waals surface area (Å²) in [6.07, 6.45) is 0.360. The second-order valence-electron chi connectivity index (χ2n) is 7.03. The Balaban J connectivity index is 2.15. The van der Waals surface area contributed by atoms with E-state index >= 15 is 0 Å². The van der Waals surface area contributed by atoms with Crippen LogP contribution in [0, 0.1) is 18.3 Å². The first-order valence-electron chi connectivity index (χ1n) is 9.35. The molecule has 2 aromatic carbocycles. The highest BCUT2D eigenvalue weighted by atomic mass is 31.2. The molecule has 0 bridgehead atoms. The molecule has 0 aromatic heterocycles. The molecule has 0 spiro atoms. The lowest BCUT2D eigenvalue weighted by Gasteiger charge is -2.35. The van der Waals surface area contributed by atoms with Gasteiger partial charge in [-0.15, -0.1) is 0 Å². The SMILES string of the molecule is Cc1ccc(-c2ccc(OP(OCCC#N)N(C(C)C)C(C)C)cc2)cc1. The first-order chi connectivity index (χ1) is 12.9. The van der Waals surface area contributed by atoms with Crippen LogP contribution in [0.1, 0.15) is 39.7 Å². The van der Waals surface area contributed by atoms with Gasteiger partial charge >= 0.3 is 8.53 Å². The molecule has 0 aliphatic carbocycles. The van der Waals surface area contributed by atoms with Crippen LogP contribution in [-0.2, 0) is 4.52 Å². The van der Waals surface area contributed by atoms with Gasteiger partial charge in [0.25, 0.3) is 0 Å². The van der Waals surface area contributed by atoms with Crippen molar-refractivity contribution < 1.29 is 9.05 Å². The Hall–Kier alpha value is -1.92. The molecule has 2 aromatic rings. The number of benzene rings is 2. The predicted molar refractivity (Wildman–Crippen MR) is 112 cm³/mol. The van der Waals surface area contributed by atoms with E-state index in [1.807, 2.05) is 12.1 Å². The molecule has 27 heavy (non-hydrogen) atoms. The molecule has 1 unspecified atom stereocenters. The molecule has 0 heterocycles. The summed E-state index contributed by atoms with van der Waals surface area (Å²) in [5.41, 5.74) is 3.59. The van der Waals surface area contributed by atoms with E-state index in [1.54, 1.807) is 0 Å². The highest BCUT2D eigenvalue weighted by molar-refractivity contribution is 7.45. The predicted octanol–water partition coefficient (Wildman–Crippen LogP) is 6.32. The lowest BCUT2D eigenvalue weighted by Crippen LogP contribution is -2.34. The fourth-order valence-electron chi connectivity index (χ4n) is 2.83. The molecule has 0 N–H and O–H groups in total. The molecule has 5 heteroatoms. The molecule has 0 saturated carbocycles. The van der Waals surface area contributed by atoms with E-state index in [9.17, 15) is 0 Å². The highest BCUT2D eigenvalue weighted by Crippen LogP contribution is 2.46. The van der Waals surface area contributed by atoms with Crippen molar-refractivity contribution in [1.29, 1.82) is 5.26 Å². The average Bonchev–Trinajstić information content (AvgIpc) is 2.62. The Bertz CT molecular complexity index is 728. The second kappa shape index (κ2) is 10.4. The summed E-state index contributed by atoms with van der Waals surface area (Å²) in [5, 5.41) is 8.80. The van der Waals surface area contributed by atoms with E-state index in [2.05, 4.69) is 81.8 Å². The Kier molecular flexibility index (Phi) is 8.25. The van der Waals surface area contributed by atoms with Gasteiger partial charge in [0.2, 0.25) is 0 Å². The van der Waals surface area contributed by atoms with Gasteiger partial charge in [-0.2, -0.15) is 5.26 Å². The van der Waals surface area contributed by atoms with Crippen LogP contribution in [0.5, 0.6) is 5.75 Å². The molecule has 0 aliphatic rings. The van der Waals surface area contributed by atoms with Crippen molar-refractivity contribution in [2.24, 2.45) is 0 Å². The summed E-state index contributed by atoms with van der Waals surface area (Å²) in [4.78, 5) is 0. The van der Waals surface area contributed by atoms with E-state index in [1.165, 1.54) is 11.1 Å².